The number of nitriles is 1. The summed E-state index contributed by atoms with van der Waals surface area (Å²) in [4.78, 5) is 23.9. The predicted octanol–water partition coefficient (Wildman–Crippen LogP) is 3.82. The van der Waals surface area contributed by atoms with Crippen molar-refractivity contribution in [1.29, 1.82) is 5.26 Å². The number of halogens is 1. The van der Waals surface area contributed by atoms with Crippen molar-refractivity contribution in [3.05, 3.63) is 58.6 Å². The van der Waals surface area contributed by atoms with Crippen LogP contribution in [0.3, 0.4) is 0 Å². The van der Waals surface area contributed by atoms with E-state index in [4.69, 9.17) is 21.6 Å². The van der Waals surface area contributed by atoms with E-state index in [2.05, 4.69) is 5.32 Å². The number of nitrogens with one attached hydrogen (secondary N) is 1. The van der Waals surface area contributed by atoms with Crippen molar-refractivity contribution in [1.82, 2.24) is 0 Å². The van der Waals surface area contributed by atoms with E-state index in [1.54, 1.807) is 37.3 Å². The molecule has 2 aromatic carbocycles. The number of anilines is 1. The van der Waals surface area contributed by atoms with Gasteiger partial charge in [0.25, 0.3) is 5.91 Å². The number of carbonyl (C=O) groups is 2. The van der Waals surface area contributed by atoms with Crippen LogP contribution in [0.25, 0.3) is 0 Å². The van der Waals surface area contributed by atoms with Gasteiger partial charge >= 0.3 is 0 Å². The van der Waals surface area contributed by atoms with Crippen LogP contribution in [0.15, 0.2) is 42.5 Å². The van der Waals surface area contributed by atoms with Crippen LogP contribution in [0, 0.1) is 11.3 Å². The van der Waals surface area contributed by atoms with Crippen LogP contribution in [-0.4, -0.2) is 17.8 Å². The van der Waals surface area contributed by atoms with Gasteiger partial charge in [-0.15, -0.1) is 0 Å². The standard InChI is InChI=1S/C18H15ClN2O3/c1-11(22)14-5-3-4-6-16(14)21-18(23)12(2)24-17-8-7-13(10-20)9-15(17)19/h3-9,12H,1-2H3,(H,21,23)/t12-/m0/s1. The highest BCUT2D eigenvalue weighted by molar-refractivity contribution is 6.32. The summed E-state index contributed by atoms with van der Waals surface area (Å²) in [5.41, 5.74) is 1.26. The van der Waals surface area contributed by atoms with E-state index in [0.29, 0.717) is 22.6 Å². The second kappa shape index (κ2) is 7.62. The normalized spacial score (nSPS) is 11.2. The van der Waals surface area contributed by atoms with Gasteiger partial charge in [-0.3, -0.25) is 9.59 Å². The lowest BCUT2D eigenvalue weighted by atomic mass is 10.1. The molecule has 0 aliphatic carbocycles. The van der Waals surface area contributed by atoms with E-state index >= 15 is 0 Å². The molecule has 0 aromatic heterocycles. The molecular formula is C18H15ClN2O3. The molecule has 0 saturated carbocycles. The van der Waals surface area contributed by atoms with Crippen molar-refractivity contribution in [3.8, 4) is 11.8 Å². The highest BCUT2D eigenvalue weighted by atomic mass is 35.5. The lowest BCUT2D eigenvalue weighted by molar-refractivity contribution is -0.122. The average Bonchev–Trinajstić information content (AvgIpc) is 2.56. The number of nitrogens with zero attached hydrogens (tertiary/aromatic N) is 1. The van der Waals surface area contributed by atoms with E-state index in [-0.39, 0.29) is 10.8 Å². The van der Waals surface area contributed by atoms with Gasteiger partial charge in [0.15, 0.2) is 11.9 Å². The van der Waals surface area contributed by atoms with E-state index in [0.717, 1.165) is 0 Å². The third-order valence-electron chi connectivity index (χ3n) is 3.30. The molecule has 2 rings (SSSR count). The number of para-hydroxylation sites is 1. The first-order valence-electron chi connectivity index (χ1n) is 7.19. The molecule has 6 heteroatoms. The van der Waals surface area contributed by atoms with Gasteiger partial charge in [-0.1, -0.05) is 23.7 Å². The maximum absolute atomic E-state index is 12.3. The molecule has 0 bridgehead atoms. The Balaban J connectivity index is 2.11. The van der Waals surface area contributed by atoms with Gasteiger partial charge in [-0.2, -0.15) is 5.26 Å². The fourth-order valence-electron chi connectivity index (χ4n) is 2.04. The minimum atomic E-state index is -0.838. The summed E-state index contributed by atoms with van der Waals surface area (Å²) in [6.45, 7) is 3.00. The quantitative estimate of drug-likeness (QED) is 0.838. The number of rotatable bonds is 5. The molecule has 0 spiro atoms. The van der Waals surface area contributed by atoms with Crippen LogP contribution in [-0.2, 0) is 4.79 Å². The molecule has 0 radical (unpaired) electrons. The molecule has 122 valence electrons. The topological polar surface area (TPSA) is 79.2 Å². The van der Waals surface area contributed by atoms with Crippen LogP contribution in [0.4, 0.5) is 5.69 Å². The number of carbonyl (C=O) groups excluding carboxylic acids is 2. The molecule has 0 heterocycles. The number of amides is 1. The van der Waals surface area contributed by atoms with Crippen molar-refractivity contribution >= 4 is 29.0 Å². The first-order chi connectivity index (χ1) is 11.4. The Morgan fingerprint density at radius 3 is 2.58 bits per heavy atom. The first kappa shape index (κ1) is 17.5. The van der Waals surface area contributed by atoms with Gasteiger partial charge in [0.05, 0.1) is 22.3 Å². The fourth-order valence-corrected chi connectivity index (χ4v) is 2.27. The zero-order valence-electron chi connectivity index (χ0n) is 13.2. The molecule has 24 heavy (non-hydrogen) atoms. The second-order valence-electron chi connectivity index (χ2n) is 5.11. The molecule has 0 saturated heterocycles. The Hall–Kier alpha value is -2.84. The molecule has 0 unspecified atom stereocenters. The SMILES string of the molecule is CC(=O)c1ccccc1NC(=O)[C@H](C)Oc1ccc(C#N)cc1Cl. The summed E-state index contributed by atoms with van der Waals surface area (Å²) in [5.74, 6) is -0.253. The van der Waals surface area contributed by atoms with Crippen LogP contribution >= 0.6 is 11.6 Å². The molecule has 1 amide bonds. The van der Waals surface area contributed by atoms with Gasteiger partial charge in [0, 0.05) is 5.56 Å². The number of hydrogen-bond acceptors (Lipinski definition) is 4. The zero-order valence-corrected chi connectivity index (χ0v) is 13.9. The average molecular weight is 343 g/mol. The highest BCUT2D eigenvalue weighted by Crippen LogP contribution is 2.26. The van der Waals surface area contributed by atoms with Crippen LogP contribution < -0.4 is 10.1 Å². The summed E-state index contributed by atoms with van der Waals surface area (Å²) in [5, 5.41) is 11.7. The van der Waals surface area contributed by atoms with Gasteiger partial charge in [-0.05, 0) is 44.2 Å². The number of Topliss-reactive ketones (excluding diaryl/α,β-unsaturated/α-hetero) is 1. The van der Waals surface area contributed by atoms with E-state index in [9.17, 15) is 9.59 Å². The monoisotopic (exact) mass is 342 g/mol. The summed E-state index contributed by atoms with van der Waals surface area (Å²) in [6.07, 6.45) is -0.838. The summed E-state index contributed by atoms with van der Waals surface area (Å²) in [7, 11) is 0. The molecule has 0 fully saturated rings. The molecule has 1 N–H and O–H groups in total. The van der Waals surface area contributed by atoms with E-state index in [1.165, 1.54) is 19.1 Å². The lowest BCUT2D eigenvalue weighted by Crippen LogP contribution is -2.30. The summed E-state index contributed by atoms with van der Waals surface area (Å²) >= 11 is 6.03. The first-order valence-corrected chi connectivity index (χ1v) is 7.57. The lowest BCUT2D eigenvalue weighted by Gasteiger charge is -2.16. The predicted molar refractivity (Wildman–Crippen MR) is 91.3 cm³/mol. The third kappa shape index (κ3) is 4.12. The maximum atomic E-state index is 12.3. The Kier molecular flexibility index (Phi) is 5.56. The summed E-state index contributed by atoms with van der Waals surface area (Å²) in [6, 6.07) is 13.3. The zero-order chi connectivity index (χ0) is 17.7. The Labute approximate surface area is 144 Å². The molecular weight excluding hydrogens is 328 g/mol. The van der Waals surface area contributed by atoms with E-state index < -0.39 is 12.0 Å². The van der Waals surface area contributed by atoms with Crippen molar-refractivity contribution < 1.29 is 14.3 Å². The van der Waals surface area contributed by atoms with Crippen molar-refractivity contribution in [2.24, 2.45) is 0 Å². The Morgan fingerprint density at radius 1 is 1.25 bits per heavy atom. The van der Waals surface area contributed by atoms with Gasteiger partial charge in [-0.25, -0.2) is 0 Å². The largest absolute Gasteiger partial charge is 0.479 e. The van der Waals surface area contributed by atoms with Crippen LogP contribution in [0.5, 0.6) is 5.75 Å². The van der Waals surface area contributed by atoms with Gasteiger partial charge < -0.3 is 10.1 Å². The third-order valence-corrected chi connectivity index (χ3v) is 3.59. The molecule has 2 aromatic rings. The van der Waals surface area contributed by atoms with Crippen molar-refractivity contribution in [3.63, 3.8) is 0 Å². The smallest absolute Gasteiger partial charge is 0.265 e. The number of ether oxygens (including phenoxy) is 1. The van der Waals surface area contributed by atoms with Crippen LogP contribution in [0.2, 0.25) is 5.02 Å². The molecule has 0 aliphatic heterocycles. The summed E-state index contributed by atoms with van der Waals surface area (Å²) < 4.78 is 5.54. The van der Waals surface area contributed by atoms with Crippen molar-refractivity contribution in [2.75, 3.05) is 5.32 Å². The highest BCUT2D eigenvalue weighted by Gasteiger charge is 2.18. The fraction of sp³-hybridized carbons (Fsp3) is 0.167. The minimum Gasteiger partial charge on any atom is -0.479 e. The van der Waals surface area contributed by atoms with E-state index in [1.807, 2.05) is 6.07 Å². The molecule has 0 aliphatic rings. The Morgan fingerprint density at radius 2 is 1.96 bits per heavy atom. The molecule has 1 atom stereocenters. The van der Waals surface area contributed by atoms with Crippen molar-refractivity contribution in [2.45, 2.75) is 20.0 Å². The van der Waals surface area contributed by atoms with Gasteiger partial charge in [0.1, 0.15) is 5.75 Å². The van der Waals surface area contributed by atoms with Gasteiger partial charge in [0.2, 0.25) is 0 Å². The molecule has 5 nitrogen and oxygen atoms in total. The number of benzene rings is 2. The maximum Gasteiger partial charge on any atom is 0.265 e. The minimum absolute atomic E-state index is 0.144. The number of ketones is 1. The van der Waals surface area contributed by atoms with Crippen LogP contribution in [0.1, 0.15) is 29.8 Å². The number of hydrogen-bond donors (Lipinski definition) is 1. The Bertz CT molecular complexity index is 827. The second-order valence-corrected chi connectivity index (χ2v) is 5.52.